The summed E-state index contributed by atoms with van der Waals surface area (Å²) in [6.07, 6.45) is 1.32. The van der Waals surface area contributed by atoms with Crippen LogP contribution in [0.4, 0.5) is 11.4 Å². The molecule has 0 aliphatic heterocycles. The quantitative estimate of drug-likeness (QED) is 0.270. The molecule has 0 bridgehead atoms. The summed E-state index contributed by atoms with van der Waals surface area (Å²) in [5.74, 6) is -1.76. The SMILES string of the molecule is Cc1ccc(NC(=O)C(=O)N/N=C\c2ccccc2OCC(=O)Nc2cc(Cl)ccc2C)cc1. The lowest BCUT2D eigenvalue weighted by atomic mass is 10.2. The number of nitrogens with zero attached hydrogens (tertiary/aromatic N) is 1. The van der Waals surface area contributed by atoms with Gasteiger partial charge in [-0.1, -0.05) is 47.5 Å². The van der Waals surface area contributed by atoms with E-state index in [4.69, 9.17) is 16.3 Å². The van der Waals surface area contributed by atoms with Gasteiger partial charge in [0, 0.05) is 22.0 Å². The Labute approximate surface area is 202 Å². The Morgan fingerprint density at radius 3 is 2.44 bits per heavy atom. The minimum absolute atomic E-state index is 0.248. The van der Waals surface area contributed by atoms with Gasteiger partial charge in [0.25, 0.3) is 5.91 Å². The summed E-state index contributed by atoms with van der Waals surface area (Å²) < 4.78 is 5.61. The summed E-state index contributed by atoms with van der Waals surface area (Å²) >= 11 is 5.98. The van der Waals surface area contributed by atoms with E-state index >= 15 is 0 Å². The molecule has 0 spiro atoms. The number of carbonyl (C=O) groups excluding carboxylic acids is 3. The molecule has 3 aromatic rings. The summed E-state index contributed by atoms with van der Waals surface area (Å²) in [5, 5.41) is 9.56. The van der Waals surface area contributed by atoms with E-state index in [0.29, 0.717) is 27.7 Å². The number of carbonyl (C=O) groups is 3. The van der Waals surface area contributed by atoms with Gasteiger partial charge in [-0.2, -0.15) is 5.10 Å². The Morgan fingerprint density at radius 1 is 0.941 bits per heavy atom. The van der Waals surface area contributed by atoms with Crippen molar-refractivity contribution in [3.63, 3.8) is 0 Å². The number of ether oxygens (including phenoxy) is 1. The fourth-order valence-corrected chi connectivity index (χ4v) is 2.99. The Hall–Kier alpha value is -4.17. The number of hydrogen-bond acceptors (Lipinski definition) is 5. The fraction of sp³-hybridized carbons (Fsp3) is 0.120. The Bertz CT molecular complexity index is 1230. The molecule has 0 unspecified atom stereocenters. The molecule has 3 amide bonds. The Morgan fingerprint density at radius 2 is 1.68 bits per heavy atom. The summed E-state index contributed by atoms with van der Waals surface area (Å²) in [6, 6.07) is 19.1. The van der Waals surface area contributed by atoms with Gasteiger partial charge in [-0.05, 0) is 55.8 Å². The lowest BCUT2D eigenvalue weighted by Crippen LogP contribution is -2.32. The highest BCUT2D eigenvalue weighted by molar-refractivity contribution is 6.39. The molecule has 0 saturated carbocycles. The zero-order chi connectivity index (χ0) is 24.5. The lowest BCUT2D eigenvalue weighted by molar-refractivity contribution is -0.136. The first-order chi connectivity index (χ1) is 16.3. The first kappa shape index (κ1) is 24.5. The average Bonchev–Trinajstić information content (AvgIpc) is 2.82. The molecule has 0 heterocycles. The van der Waals surface area contributed by atoms with Gasteiger partial charge in [0.15, 0.2) is 6.61 Å². The van der Waals surface area contributed by atoms with E-state index in [9.17, 15) is 14.4 Å². The van der Waals surface area contributed by atoms with Crippen molar-refractivity contribution in [1.29, 1.82) is 0 Å². The van der Waals surface area contributed by atoms with Crippen LogP contribution in [-0.4, -0.2) is 30.5 Å². The van der Waals surface area contributed by atoms with E-state index in [-0.39, 0.29) is 12.5 Å². The third-order valence-corrected chi connectivity index (χ3v) is 4.87. The number of amides is 3. The van der Waals surface area contributed by atoms with E-state index in [2.05, 4.69) is 21.2 Å². The minimum atomic E-state index is -0.925. The van der Waals surface area contributed by atoms with Crippen molar-refractivity contribution in [2.45, 2.75) is 13.8 Å². The second kappa shape index (κ2) is 11.6. The van der Waals surface area contributed by atoms with Crippen LogP contribution >= 0.6 is 11.6 Å². The van der Waals surface area contributed by atoms with E-state index in [0.717, 1.165) is 11.1 Å². The first-order valence-electron chi connectivity index (χ1n) is 10.3. The Kier molecular flexibility index (Phi) is 8.37. The third-order valence-electron chi connectivity index (χ3n) is 4.64. The molecule has 0 aliphatic carbocycles. The van der Waals surface area contributed by atoms with Crippen LogP contribution in [0.1, 0.15) is 16.7 Å². The summed E-state index contributed by atoms with van der Waals surface area (Å²) in [6.45, 7) is 3.53. The van der Waals surface area contributed by atoms with Crippen LogP contribution in [0.3, 0.4) is 0 Å². The summed E-state index contributed by atoms with van der Waals surface area (Å²) in [4.78, 5) is 36.3. The molecule has 0 atom stereocenters. The number of hydrazone groups is 1. The van der Waals surface area contributed by atoms with E-state index in [1.54, 1.807) is 54.6 Å². The lowest BCUT2D eigenvalue weighted by Gasteiger charge is -2.11. The minimum Gasteiger partial charge on any atom is -0.483 e. The first-order valence-corrected chi connectivity index (χ1v) is 10.7. The van der Waals surface area contributed by atoms with Crippen molar-refractivity contribution in [2.75, 3.05) is 17.2 Å². The standard InChI is InChI=1S/C25H23ClN4O4/c1-16-7-11-20(12-8-16)28-24(32)25(33)30-27-14-18-5-3-4-6-22(18)34-15-23(31)29-21-13-19(26)10-9-17(21)2/h3-14H,15H2,1-2H3,(H,28,32)(H,29,31)(H,30,33)/b27-14-. The molecule has 0 aromatic heterocycles. The maximum Gasteiger partial charge on any atom is 0.329 e. The molecule has 174 valence electrons. The average molecular weight is 479 g/mol. The van der Waals surface area contributed by atoms with Gasteiger partial charge in [0.2, 0.25) is 0 Å². The van der Waals surface area contributed by atoms with Crippen molar-refractivity contribution in [1.82, 2.24) is 5.43 Å². The summed E-state index contributed by atoms with van der Waals surface area (Å²) in [5.41, 5.74) is 5.68. The smallest absolute Gasteiger partial charge is 0.329 e. The highest BCUT2D eigenvalue weighted by atomic mass is 35.5. The monoisotopic (exact) mass is 478 g/mol. The van der Waals surface area contributed by atoms with Gasteiger partial charge in [-0.25, -0.2) is 5.43 Å². The molecule has 0 radical (unpaired) electrons. The van der Waals surface area contributed by atoms with Gasteiger partial charge >= 0.3 is 11.8 Å². The normalized spacial score (nSPS) is 10.6. The highest BCUT2D eigenvalue weighted by Gasteiger charge is 2.13. The zero-order valence-corrected chi connectivity index (χ0v) is 19.3. The van der Waals surface area contributed by atoms with Crippen LogP contribution < -0.4 is 20.8 Å². The molecular weight excluding hydrogens is 456 g/mol. The van der Waals surface area contributed by atoms with E-state index < -0.39 is 11.8 Å². The molecule has 3 rings (SSSR count). The largest absolute Gasteiger partial charge is 0.483 e. The number of hydrogen-bond donors (Lipinski definition) is 3. The van der Waals surface area contributed by atoms with Crippen LogP contribution in [0.25, 0.3) is 0 Å². The van der Waals surface area contributed by atoms with Crippen LogP contribution in [0.5, 0.6) is 5.75 Å². The maximum absolute atomic E-state index is 12.3. The summed E-state index contributed by atoms with van der Waals surface area (Å²) in [7, 11) is 0. The molecule has 3 N–H and O–H groups in total. The van der Waals surface area contributed by atoms with Crippen molar-refractivity contribution in [3.8, 4) is 5.75 Å². The van der Waals surface area contributed by atoms with E-state index in [1.165, 1.54) is 6.21 Å². The van der Waals surface area contributed by atoms with Gasteiger partial charge in [0.1, 0.15) is 5.75 Å². The van der Waals surface area contributed by atoms with Crippen LogP contribution in [0, 0.1) is 13.8 Å². The second-order valence-electron chi connectivity index (χ2n) is 7.35. The second-order valence-corrected chi connectivity index (χ2v) is 7.79. The number of aryl methyl sites for hydroxylation is 2. The number of rotatable bonds is 7. The fourth-order valence-electron chi connectivity index (χ4n) is 2.81. The molecule has 8 nitrogen and oxygen atoms in total. The molecule has 0 aliphatic rings. The number of para-hydroxylation sites is 1. The number of nitrogens with one attached hydrogen (secondary N) is 3. The topological polar surface area (TPSA) is 109 Å². The molecule has 34 heavy (non-hydrogen) atoms. The molecule has 3 aromatic carbocycles. The third kappa shape index (κ3) is 7.18. The van der Waals surface area contributed by atoms with E-state index in [1.807, 2.05) is 26.0 Å². The molecule has 0 saturated heterocycles. The maximum atomic E-state index is 12.3. The molecular formula is C25H23ClN4O4. The van der Waals surface area contributed by atoms with Crippen molar-refractivity contribution >= 4 is 46.9 Å². The van der Waals surface area contributed by atoms with Gasteiger partial charge in [0.05, 0.1) is 6.21 Å². The van der Waals surface area contributed by atoms with Crippen LogP contribution in [-0.2, 0) is 14.4 Å². The molecule has 9 heteroatoms. The predicted octanol–water partition coefficient (Wildman–Crippen LogP) is 4.06. The zero-order valence-electron chi connectivity index (χ0n) is 18.6. The number of anilines is 2. The number of halogens is 1. The highest BCUT2D eigenvalue weighted by Crippen LogP contribution is 2.20. The molecule has 0 fully saturated rings. The van der Waals surface area contributed by atoms with Crippen LogP contribution in [0.15, 0.2) is 71.8 Å². The van der Waals surface area contributed by atoms with Crippen molar-refractivity contribution in [2.24, 2.45) is 5.10 Å². The van der Waals surface area contributed by atoms with Gasteiger partial charge in [-0.15, -0.1) is 0 Å². The van der Waals surface area contributed by atoms with Gasteiger partial charge < -0.3 is 15.4 Å². The van der Waals surface area contributed by atoms with Crippen molar-refractivity contribution in [3.05, 3.63) is 88.4 Å². The van der Waals surface area contributed by atoms with Crippen LogP contribution in [0.2, 0.25) is 5.02 Å². The Balaban J connectivity index is 1.54. The van der Waals surface area contributed by atoms with Gasteiger partial charge in [-0.3, -0.25) is 14.4 Å². The predicted molar refractivity (Wildman–Crippen MR) is 132 cm³/mol. The van der Waals surface area contributed by atoms with Crippen molar-refractivity contribution < 1.29 is 19.1 Å². The number of benzene rings is 3.